The van der Waals surface area contributed by atoms with Gasteiger partial charge in [0.15, 0.2) is 16.5 Å². The summed E-state index contributed by atoms with van der Waals surface area (Å²) in [5, 5.41) is 4.21. The Morgan fingerprint density at radius 2 is 1.70 bits per heavy atom. The van der Waals surface area contributed by atoms with Crippen molar-refractivity contribution in [1.29, 1.82) is 0 Å². The van der Waals surface area contributed by atoms with Crippen molar-refractivity contribution < 1.29 is 8.83 Å². The normalized spacial score (nSPS) is 11.9. The van der Waals surface area contributed by atoms with Crippen LogP contribution < -0.4 is 0 Å². The Bertz CT molecular complexity index is 1420. The van der Waals surface area contributed by atoms with Gasteiger partial charge in [-0.1, -0.05) is 34.1 Å². The molecule has 0 fully saturated rings. The van der Waals surface area contributed by atoms with Gasteiger partial charge in [-0.15, -0.1) is 11.3 Å². The number of rotatable bonds is 2. The minimum Gasteiger partial charge on any atom is -0.454 e. The van der Waals surface area contributed by atoms with Gasteiger partial charge in [-0.25, -0.2) is 4.98 Å². The van der Waals surface area contributed by atoms with Crippen LogP contribution in [0.1, 0.15) is 0 Å². The minimum absolute atomic E-state index is 0.770. The maximum absolute atomic E-state index is 6.05. The van der Waals surface area contributed by atoms with Crippen LogP contribution in [0.5, 0.6) is 0 Å². The lowest BCUT2D eigenvalue weighted by molar-refractivity contribution is 0.627. The molecule has 4 aromatic heterocycles. The fraction of sp³-hybridized carbons (Fsp3) is 0. The Hall–Kier alpha value is -2.83. The predicted molar refractivity (Wildman–Crippen MR) is 111 cm³/mol. The lowest BCUT2D eigenvalue weighted by atomic mass is 10.2. The molecular formula is C21H11BrN2O2S. The highest BCUT2D eigenvalue weighted by molar-refractivity contribution is 9.10. The number of furan rings is 2. The Morgan fingerprint density at radius 1 is 0.889 bits per heavy atom. The summed E-state index contributed by atoms with van der Waals surface area (Å²) < 4.78 is 15.1. The van der Waals surface area contributed by atoms with Gasteiger partial charge in [0.1, 0.15) is 22.6 Å². The number of hydrogen-bond donors (Lipinski definition) is 0. The highest BCUT2D eigenvalue weighted by atomic mass is 79.9. The summed E-state index contributed by atoms with van der Waals surface area (Å²) >= 11 is 5.09. The summed E-state index contributed by atoms with van der Waals surface area (Å²) in [4.78, 5) is 5.64. The molecule has 0 aliphatic heterocycles. The van der Waals surface area contributed by atoms with Crippen molar-refractivity contribution in [3.8, 4) is 22.9 Å². The highest BCUT2D eigenvalue weighted by Crippen LogP contribution is 2.34. The molecule has 0 atom stereocenters. The molecule has 4 heterocycles. The molecule has 4 nitrogen and oxygen atoms in total. The predicted octanol–water partition coefficient (Wildman–Crippen LogP) is 6.98. The second kappa shape index (κ2) is 5.58. The molecule has 0 bridgehead atoms. The van der Waals surface area contributed by atoms with Gasteiger partial charge in [0.05, 0.1) is 0 Å². The third-order valence-corrected chi connectivity index (χ3v) is 5.95. The van der Waals surface area contributed by atoms with Gasteiger partial charge in [0.2, 0.25) is 0 Å². The maximum atomic E-state index is 6.05. The average Bonchev–Trinajstić information content (AvgIpc) is 3.41. The van der Waals surface area contributed by atoms with Crippen LogP contribution in [-0.2, 0) is 0 Å². The van der Waals surface area contributed by atoms with E-state index in [2.05, 4.69) is 37.8 Å². The molecule has 130 valence electrons. The Labute approximate surface area is 165 Å². The summed E-state index contributed by atoms with van der Waals surface area (Å²) in [5.41, 5.74) is 3.53. The Balaban J connectivity index is 1.50. The smallest absolute Gasteiger partial charge is 0.194 e. The first-order valence-corrected chi connectivity index (χ1v) is 10.1. The number of halogens is 1. The van der Waals surface area contributed by atoms with E-state index in [1.54, 1.807) is 11.3 Å². The molecule has 0 aliphatic carbocycles. The number of hydrogen-bond acceptors (Lipinski definition) is 4. The van der Waals surface area contributed by atoms with Gasteiger partial charge in [0, 0.05) is 26.8 Å². The van der Waals surface area contributed by atoms with Crippen molar-refractivity contribution in [3.05, 3.63) is 70.6 Å². The van der Waals surface area contributed by atoms with Crippen LogP contribution >= 0.6 is 27.3 Å². The number of imidazole rings is 1. The van der Waals surface area contributed by atoms with Gasteiger partial charge >= 0.3 is 0 Å². The molecule has 0 saturated heterocycles. The summed E-state index contributed by atoms with van der Waals surface area (Å²) in [6.07, 6.45) is 2.00. The van der Waals surface area contributed by atoms with E-state index >= 15 is 0 Å². The van der Waals surface area contributed by atoms with Gasteiger partial charge in [-0.2, -0.15) is 0 Å². The monoisotopic (exact) mass is 434 g/mol. The molecular weight excluding hydrogens is 424 g/mol. The van der Waals surface area contributed by atoms with E-state index in [1.807, 2.05) is 48.7 Å². The van der Waals surface area contributed by atoms with Crippen molar-refractivity contribution in [3.63, 3.8) is 0 Å². The fourth-order valence-electron chi connectivity index (χ4n) is 3.33. The Kier molecular flexibility index (Phi) is 3.15. The van der Waals surface area contributed by atoms with E-state index in [-0.39, 0.29) is 0 Å². The van der Waals surface area contributed by atoms with Crippen LogP contribution in [0.25, 0.3) is 49.8 Å². The number of fused-ring (bicyclic) bond motifs is 3. The number of thiazole rings is 1. The van der Waals surface area contributed by atoms with E-state index in [9.17, 15) is 0 Å². The maximum Gasteiger partial charge on any atom is 0.194 e. The molecule has 0 saturated carbocycles. The molecule has 0 radical (unpaired) electrons. The third kappa shape index (κ3) is 2.37. The molecule has 2 aromatic carbocycles. The van der Waals surface area contributed by atoms with Crippen LogP contribution in [0.2, 0.25) is 0 Å². The van der Waals surface area contributed by atoms with Crippen LogP contribution in [0.15, 0.2) is 79.5 Å². The second-order valence-electron chi connectivity index (χ2n) is 6.34. The zero-order chi connectivity index (χ0) is 18.0. The molecule has 6 aromatic rings. The summed E-state index contributed by atoms with van der Waals surface area (Å²) in [7, 11) is 0. The van der Waals surface area contributed by atoms with E-state index < -0.39 is 0 Å². The summed E-state index contributed by atoms with van der Waals surface area (Å²) in [6, 6.07) is 18.1. The highest BCUT2D eigenvalue weighted by Gasteiger charge is 2.16. The number of aromatic nitrogens is 2. The van der Waals surface area contributed by atoms with E-state index in [1.165, 1.54) is 0 Å². The van der Waals surface area contributed by atoms with Crippen molar-refractivity contribution >= 4 is 54.2 Å². The molecule has 0 aliphatic rings. The molecule has 27 heavy (non-hydrogen) atoms. The molecule has 0 spiro atoms. The van der Waals surface area contributed by atoms with Gasteiger partial charge in [-0.3, -0.25) is 4.40 Å². The SMILES string of the molecule is Brc1ccc2oc(-c3csc4nc(-c5cc6ccccc6o5)cn34)cc2c1. The van der Waals surface area contributed by atoms with Gasteiger partial charge < -0.3 is 8.83 Å². The number of benzene rings is 2. The van der Waals surface area contributed by atoms with Crippen molar-refractivity contribution in [1.82, 2.24) is 9.38 Å². The van der Waals surface area contributed by atoms with E-state index in [0.717, 1.165) is 54.3 Å². The standard InChI is InChI=1S/C21H11BrN2O2S/c22-14-5-6-18-13(7-14)9-20(26-18)16-11-27-21-23-15(10-24(16)21)19-8-12-3-1-2-4-17(12)25-19/h1-11H. The summed E-state index contributed by atoms with van der Waals surface area (Å²) in [6.45, 7) is 0. The van der Waals surface area contributed by atoms with Gasteiger partial charge in [-0.05, 0) is 36.4 Å². The molecule has 6 heteroatoms. The first-order chi connectivity index (χ1) is 13.2. The van der Waals surface area contributed by atoms with Crippen LogP contribution in [0.4, 0.5) is 0 Å². The topological polar surface area (TPSA) is 43.6 Å². The van der Waals surface area contributed by atoms with Crippen LogP contribution in [0, 0.1) is 0 Å². The quantitative estimate of drug-likeness (QED) is 0.295. The van der Waals surface area contributed by atoms with Crippen molar-refractivity contribution in [2.75, 3.05) is 0 Å². The van der Waals surface area contributed by atoms with Crippen molar-refractivity contribution in [2.45, 2.75) is 0 Å². The molecule has 0 unspecified atom stereocenters. The Morgan fingerprint density at radius 3 is 2.63 bits per heavy atom. The van der Waals surface area contributed by atoms with Gasteiger partial charge in [0.25, 0.3) is 0 Å². The number of nitrogens with zero attached hydrogens (tertiary/aromatic N) is 2. The fourth-order valence-corrected chi connectivity index (χ4v) is 4.57. The minimum atomic E-state index is 0.770. The number of para-hydroxylation sites is 1. The largest absolute Gasteiger partial charge is 0.454 e. The first-order valence-electron chi connectivity index (χ1n) is 8.40. The first kappa shape index (κ1) is 15.2. The summed E-state index contributed by atoms with van der Waals surface area (Å²) in [5.74, 6) is 1.59. The lowest BCUT2D eigenvalue weighted by Crippen LogP contribution is -1.80. The third-order valence-electron chi connectivity index (χ3n) is 4.62. The average molecular weight is 435 g/mol. The molecule has 0 N–H and O–H groups in total. The van der Waals surface area contributed by atoms with Crippen LogP contribution in [0.3, 0.4) is 0 Å². The zero-order valence-corrected chi connectivity index (χ0v) is 16.3. The second-order valence-corrected chi connectivity index (χ2v) is 8.09. The van der Waals surface area contributed by atoms with Crippen molar-refractivity contribution in [2.24, 2.45) is 0 Å². The van der Waals surface area contributed by atoms with E-state index in [0.29, 0.717) is 0 Å². The molecule has 0 amide bonds. The lowest BCUT2D eigenvalue weighted by Gasteiger charge is -1.93. The molecule has 6 rings (SSSR count). The zero-order valence-electron chi connectivity index (χ0n) is 13.8. The van der Waals surface area contributed by atoms with Crippen LogP contribution in [-0.4, -0.2) is 9.38 Å². The van der Waals surface area contributed by atoms with E-state index in [4.69, 9.17) is 13.8 Å².